The maximum Gasteiger partial charge on any atom is 0.587 e. The predicted molar refractivity (Wildman–Crippen MR) is 369 cm³/mol. The number of anilines is 2. The van der Waals surface area contributed by atoms with Crippen LogP contribution < -0.4 is 25.3 Å². The number of nitrogens with two attached hydrogens (primary N) is 2. The summed E-state index contributed by atoms with van der Waals surface area (Å²) in [6, 6.07) is 28.7. The smallest absolute Gasteiger partial charge is 0.495 e. The van der Waals surface area contributed by atoms with Crippen LogP contribution in [0.25, 0.3) is 11.0 Å². The van der Waals surface area contributed by atoms with E-state index in [0.717, 1.165) is 25.7 Å². The molecule has 0 spiro atoms. The van der Waals surface area contributed by atoms with Gasteiger partial charge < -0.3 is 63.1 Å². The third-order valence-corrected chi connectivity index (χ3v) is 20.7. The molecule has 11 rings (SSSR count). The van der Waals surface area contributed by atoms with Gasteiger partial charge in [-0.05, 0) is 99.3 Å². The summed E-state index contributed by atoms with van der Waals surface area (Å²) < 4.78 is 96.2. The number of halogens is 2. The van der Waals surface area contributed by atoms with E-state index in [-0.39, 0.29) is 59.2 Å². The Morgan fingerprint density at radius 3 is 1.54 bits per heavy atom. The molecule has 0 amide bonds. The molecule has 7 aromatic rings. The Balaban J connectivity index is 0.846. The molecule has 528 valence electrons. The third kappa shape index (κ3) is 16.8. The minimum absolute atomic E-state index is 0.00478. The summed E-state index contributed by atoms with van der Waals surface area (Å²) >= 11 is 14.8. The van der Waals surface area contributed by atoms with Crippen LogP contribution in [0.3, 0.4) is 0 Å². The van der Waals surface area contributed by atoms with Crippen LogP contribution in [0.2, 0.25) is 10.0 Å². The van der Waals surface area contributed by atoms with Gasteiger partial charge in [0.1, 0.15) is 90.4 Å². The molecule has 4 aliphatic rings. The van der Waals surface area contributed by atoms with Crippen molar-refractivity contribution in [2.75, 3.05) is 38.4 Å². The van der Waals surface area contributed by atoms with E-state index in [0.29, 0.717) is 57.0 Å². The van der Waals surface area contributed by atoms with Gasteiger partial charge in [0.15, 0.2) is 45.9 Å². The lowest BCUT2D eigenvalue weighted by Crippen LogP contribution is -2.44. The van der Waals surface area contributed by atoms with Gasteiger partial charge in [-0.25, -0.2) is 23.6 Å². The monoisotopic (exact) mass is 1420 g/mol. The summed E-state index contributed by atoms with van der Waals surface area (Å²) in [4.78, 5) is 8.27. The van der Waals surface area contributed by atoms with E-state index in [1.807, 2.05) is 0 Å². The van der Waals surface area contributed by atoms with Gasteiger partial charge in [0.2, 0.25) is 0 Å². The minimum Gasteiger partial charge on any atom is -0.495 e. The fourth-order valence-electron chi connectivity index (χ4n) is 13.7. The molecule has 9 atom stereocenters. The number of nitrogen functional groups attached to an aromatic ring is 2. The minimum atomic E-state index is -5.03. The maximum atomic E-state index is 16.0. The first-order chi connectivity index (χ1) is 47.7. The normalized spacial score (nSPS) is 23.7. The Labute approximate surface area is 587 Å². The van der Waals surface area contributed by atoms with Crippen LogP contribution in [0.1, 0.15) is 183 Å². The zero-order valence-electron chi connectivity index (χ0n) is 56.9. The molecule has 24 nitrogen and oxygen atoms in total. The van der Waals surface area contributed by atoms with Crippen molar-refractivity contribution in [3.8, 4) is 35.5 Å². The van der Waals surface area contributed by atoms with Crippen molar-refractivity contribution in [2.24, 2.45) is 0 Å². The molecule has 4 saturated heterocycles. The lowest BCUT2D eigenvalue weighted by atomic mass is 9.88. The topological polar surface area (TPSA) is 312 Å². The van der Waals surface area contributed by atoms with Crippen LogP contribution in [0.5, 0.6) is 17.2 Å². The highest BCUT2D eigenvalue weighted by atomic mass is 35.5. The Bertz CT molecular complexity index is 3920. The number of hydrogen-bond donors (Lipinski definition) is 2. The highest BCUT2D eigenvalue weighted by molar-refractivity contribution is 7.49. The second-order valence-corrected chi connectivity index (χ2v) is 29.0. The van der Waals surface area contributed by atoms with Crippen molar-refractivity contribution < 1.29 is 60.8 Å². The van der Waals surface area contributed by atoms with Gasteiger partial charge >= 0.3 is 7.82 Å². The number of fused-ring (bicyclic) bond motifs is 4. The molecule has 3 aromatic carbocycles. The molecule has 4 unspecified atom stereocenters. The molecule has 0 saturated carbocycles. The molecule has 0 aliphatic carbocycles. The number of aromatic nitrogens is 6. The lowest BCUT2D eigenvalue weighted by molar-refractivity contribution is -0.200. The summed E-state index contributed by atoms with van der Waals surface area (Å²) in [5.74, 6) is -1.71. The number of nitriles is 3. The van der Waals surface area contributed by atoms with Crippen LogP contribution in [-0.4, -0.2) is 109 Å². The van der Waals surface area contributed by atoms with Gasteiger partial charge in [0, 0.05) is 19.4 Å². The summed E-state index contributed by atoms with van der Waals surface area (Å²) in [6.45, 7) is 9.24. The molecular weight excluding hydrogens is 1330 g/mol. The van der Waals surface area contributed by atoms with Gasteiger partial charge in [-0.3, -0.25) is 4.52 Å². The maximum absolute atomic E-state index is 16.0. The fourth-order valence-corrected chi connectivity index (χ4v) is 15.5. The molecule has 4 fully saturated rings. The zero-order valence-corrected chi connectivity index (χ0v) is 59.4. The van der Waals surface area contributed by atoms with Crippen LogP contribution in [0.4, 0.5) is 11.6 Å². The third-order valence-electron chi connectivity index (χ3n) is 18.6. The number of phosphoric ester groups is 1. The number of ether oxygens (including phenoxy) is 9. The molecule has 8 heterocycles. The number of benzene rings is 3. The van der Waals surface area contributed by atoms with Crippen molar-refractivity contribution in [3.63, 3.8) is 0 Å². The number of nitrogens with zero attached hydrogens (tertiary/aromatic N) is 9. The largest absolute Gasteiger partial charge is 0.587 e. The van der Waals surface area contributed by atoms with Crippen molar-refractivity contribution in [1.82, 2.24) is 29.2 Å². The molecule has 27 heteroatoms. The van der Waals surface area contributed by atoms with E-state index >= 15 is 4.57 Å². The molecular formula is C72H88Cl2N11O13P. The molecule has 4 aliphatic heterocycles. The van der Waals surface area contributed by atoms with E-state index in [4.69, 9.17) is 90.9 Å². The van der Waals surface area contributed by atoms with Gasteiger partial charge in [0.25, 0.3) is 0 Å². The second kappa shape index (κ2) is 32.2. The van der Waals surface area contributed by atoms with Crippen molar-refractivity contribution in [3.05, 3.63) is 135 Å². The number of hydrogen-bond acceptors (Lipinski definition) is 22. The number of phosphoric acid groups is 1. The highest BCUT2D eigenvalue weighted by Crippen LogP contribution is 2.57. The van der Waals surface area contributed by atoms with Crippen molar-refractivity contribution in [2.45, 2.75) is 222 Å². The van der Waals surface area contributed by atoms with Crippen molar-refractivity contribution in [1.29, 1.82) is 15.8 Å². The van der Waals surface area contributed by atoms with Crippen LogP contribution in [0.15, 0.2) is 91.5 Å². The standard InChI is InChI=1S/C72H88Cl2N11O13P/c1-7-8-9-10-11-12-13-14-15-16-17-18-19-20-21-22-35-88-41-51(89-40-47-29-34-56(87-6)50(36-47)39-75)42-90-99(86,97-57-27-23-25-48(59(57)73)37-71(43-76)65-63(91-69(2,3)95-65)61(93-71)52-30-32-54-67(78)80-45-82-84(52)54)98-58-28-24-26-49(60(58)74)38-72(44-77)66-64(92-70(4,5)96-66)62(94-72)53-31-33-55-68(79)81-46-83-85(53)55/h23-34,36,45-46,51,61-66H,7-22,35,37-38,40-42H2,1-6H3,(H2,78,80,82)(H2,79,81,83)/t51-,61+,62+,63?,64?,65?,66?,71-,72-,99?/m1/s1. The highest BCUT2D eigenvalue weighted by Gasteiger charge is 2.66. The van der Waals surface area contributed by atoms with E-state index in [1.165, 1.54) is 109 Å². The number of rotatable bonds is 36. The summed E-state index contributed by atoms with van der Waals surface area (Å²) in [5.41, 5.74) is 12.8. The van der Waals surface area contributed by atoms with Gasteiger partial charge in [0.05, 0.1) is 53.9 Å². The fraction of sp³-hybridized carbons (Fsp3) is 0.542. The van der Waals surface area contributed by atoms with Crippen LogP contribution in [0, 0.1) is 34.0 Å². The average molecular weight is 1420 g/mol. The zero-order chi connectivity index (χ0) is 70.0. The van der Waals surface area contributed by atoms with E-state index in [1.54, 1.807) is 103 Å². The Hall–Kier alpha value is -7.18. The Morgan fingerprint density at radius 2 is 1.08 bits per heavy atom. The van der Waals surface area contributed by atoms with Crippen LogP contribution in [-0.2, 0) is 66.4 Å². The first-order valence-corrected chi connectivity index (χ1v) is 36.5. The lowest BCUT2D eigenvalue weighted by Gasteiger charge is -2.30. The van der Waals surface area contributed by atoms with E-state index in [9.17, 15) is 15.8 Å². The Kier molecular flexibility index (Phi) is 23.8. The molecule has 0 bridgehead atoms. The molecule has 4 aromatic heterocycles. The summed E-state index contributed by atoms with van der Waals surface area (Å²) in [7, 11) is -3.55. The molecule has 99 heavy (non-hydrogen) atoms. The average Bonchev–Trinajstić information content (AvgIpc) is 1.57. The molecule has 0 radical (unpaired) electrons. The number of unbranched alkanes of at least 4 members (excludes halogenated alkanes) is 15. The van der Waals surface area contributed by atoms with E-state index < -0.39 is 79.9 Å². The van der Waals surface area contributed by atoms with Gasteiger partial charge in [-0.2, -0.15) is 26.0 Å². The second-order valence-electron chi connectivity index (χ2n) is 26.7. The van der Waals surface area contributed by atoms with E-state index in [2.05, 4.69) is 45.3 Å². The first kappa shape index (κ1) is 73.1. The first-order valence-electron chi connectivity index (χ1n) is 34.3. The van der Waals surface area contributed by atoms with Crippen LogP contribution >= 0.6 is 31.0 Å². The Morgan fingerprint density at radius 1 is 0.606 bits per heavy atom. The predicted octanol–water partition coefficient (Wildman–Crippen LogP) is 14.8. The van der Waals surface area contributed by atoms with Gasteiger partial charge in [-0.15, -0.1) is 0 Å². The quantitative estimate of drug-likeness (QED) is 0.0272. The number of methoxy groups -OCH3 is 1. The molecule has 4 N–H and O–H groups in total. The van der Waals surface area contributed by atoms with Gasteiger partial charge in [-0.1, -0.05) is 157 Å². The SMILES string of the molecule is CCCCCCCCCCCCCCCCCCOC[C@H](COP(=O)(Oc1cccc(C[C@]2(C#N)O[C@@H](c3ccc4c(N)ncnn34)C3OC(C)(C)OC32)c1Cl)Oc1cccc(C[C@]2(C#N)O[C@@H](c3ccc4c(N)ncnn34)C3OC(C)(C)OC32)c1Cl)OCc1ccc(OC)c(C#N)c1. The van der Waals surface area contributed by atoms with Crippen molar-refractivity contribution >= 4 is 53.7 Å². The summed E-state index contributed by atoms with van der Waals surface area (Å²) in [5, 5.41) is 41.3. The summed E-state index contributed by atoms with van der Waals surface area (Å²) in [6.07, 6.45) is 15.9.